The molecule has 0 aliphatic rings. The summed E-state index contributed by atoms with van der Waals surface area (Å²) in [5.74, 6) is 0. The number of para-hydroxylation sites is 2. The van der Waals surface area contributed by atoms with Gasteiger partial charge in [0.15, 0.2) is 0 Å². The number of hydrogen-bond donors (Lipinski definition) is 2. The number of rotatable bonds is 3. The van der Waals surface area contributed by atoms with Crippen LogP contribution in [-0.2, 0) is 0 Å². The van der Waals surface area contributed by atoms with Crippen molar-refractivity contribution in [1.29, 1.82) is 0 Å². The van der Waals surface area contributed by atoms with Crippen molar-refractivity contribution in [1.82, 2.24) is 4.57 Å². The first-order valence-corrected chi connectivity index (χ1v) is 12.7. The highest BCUT2D eigenvalue weighted by Gasteiger charge is 2.19. The van der Waals surface area contributed by atoms with Gasteiger partial charge in [0.1, 0.15) is 0 Å². The Morgan fingerprint density at radius 1 is 0.564 bits per heavy atom. The second-order valence-electron chi connectivity index (χ2n) is 8.80. The summed E-state index contributed by atoms with van der Waals surface area (Å²) >= 11 is 1.62. The average Bonchev–Trinajstić information content (AvgIpc) is 3.55. The summed E-state index contributed by atoms with van der Waals surface area (Å²) in [6, 6.07) is 37.8. The molecule has 0 bridgehead atoms. The van der Waals surface area contributed by atoms with Crippen LogP contribution < -0.4 is 5.46 Å². The van der Waals surface area contributed by atoms with Crippen molar-refractivity contribution in [2.75, 3.05) is 0 Å². The Bertz CT molecular complexity index is 1900. The van der Waals surface area contributed by atoms with Gasteiger partial charge in [-0.2, -0.15) is 0 Å². The summed E-state index contributed by atoms with van der Waals surface area (Å²) in [4.78, 5) is 0. The highest BCUT2D eigenvalue weighted by atomic mass is 32.1. The van der Waals surface area contributed by atoms with E-state index in [1.807, 2.05) is 12.1 Å². The van der Waals surface area contributed by atoms with E-state index in [-0.39, 0.29) is 0 Å². The van der Waals surface area contributed by atoms with Gasteiger partial charge in [-0.3, -0.25) is 0 Å². The highest BCUT2D eigenvalue weighted by Crippen LogP contribution is 2.41. The Labute approximate surface area is 224 Å². The molecular weight excluding hydrogens is 525 g/mol. The number of fused-ring (bicyclic) bond motifs is 6. The van der Waals surface area contributed by atoms with Gasteiger partial charge in [0.25, 0.3) is 0 Å². The number of benzene rings is 5. The number of halogens is 4. The van der Waals surface area contributed by atoms with Crippen molar-refractivity contribution in [2.45, 2.75) is 0 Å². The molecule has 3 nitrogen and oxygen atoms in total. The summed E-state index contributed by atoms with van der Waals surface area (Å²) in [5, 5.41) is 24.4. The van der Waals surface area contributed by atoms with E-state index in [9.17, 15) is 10.0 Å². The fraction of sp³-hybridized carbons (Fsp3) is 0. The van der Waals surface area contributed by atoms with Crippen molar-refractivity contribution < 1.29 is 28.3 Å². The van der Waals surface area contributed by atoms with Gasteiger partial charge in [0.05, 0.1) is 11.0 Å². The molecule has 0 amide bonds. The van der Waals surface area contributed by atoms with Gasteiger partial charge in [0.2, 0.25) is 0 Å². The molecule has 9 heteroatoms. The predicted octanol–water partition coefficient (Wildman–Crippen LogP) is 8.18. The number of nitrogens with zero attached hydrogens (tertiary/aromatic N) is 1. The van der Waals surface area contributed by atoms with Crippen LogP contribution in [0.4, 0.5) is 18.3 Å². The summed E-state index contributed by atoms with van der Waals surface area (Å²) in [5.41, 5.74) is 6.37. The van der Waals surface area contributed by atoms with Crippen molar-refractivity contribution in [3.05, 3.63) is 109 Å². The second kappa shape index (κ2) is 11.3. The van der Waals surface area contributed by atoms with E-state index < -0.39 is 7.12 Å². The Morgan fingerprint density at radius 3 is 1.92 bits per heavy atom. The minimum atomic E-state index is -1.49. The summed E-state index contributed by atoms with van der Waals surface area (Å²) in [6.45, 7) is 0. The molecule has 5 aromatic carbocycles. The van der Waals surface area contributed by atoms with Gasteiger partial charge < -0.3 is 14.6 Å². The third-order valence-corrected chi connectivity index (χ3v) is 8.13. The molecule has 39 heavy (non-hydrogen) atoms. The minimum absolute atomic E-state index is 0.552. The first-order valence-electron chi connectivity index (χ1n) is 11.9. The predicted molar refractivity (Wildman–Crippen MR) is 153 cm³/mol. The topological polar surface area (TPSA) is 45.4 Å². The van der Waals surface area contributed by atoms with Crippen molar-refractivity contribution in [3.8, 4) is 16.8 Å². The molecule has 0 aliphatic carbocycles. The van der Waals surface area contributed by atoms with Crippen LogP contribution in [0.15, 0.2) is 109 Å². The largest absolute Gasteiger partial charge is 0.489 e. The van der Waals surface area contributed by atoms with Crippen LogP contribution in [0.5, 0.6) is 0 Å². The number of thiophene rings is 1. The maximum absolute atomic E-state index is 9.91. The van der Waals surface area contributed by atoms with E-state index in [4.69, 9.17) is 18.3 Å². The molecule has 7 aromatic rings. The van der Waals surface area contributed by atoms with Crippen LogP contribution in [0.1, 0.15) is 0 Å². The fourth-order valence-electron chi connectivity index (χ4n) is 5.27. The third-order valence-electron chi connectivity index (χ3n) is 6.83. The lowest BCUT2D eigenvalue weighted by Gasteiger charge is -2.08. The zero-order valence-electron chi connectivity index (χ0n) is 20.2. The maximum atomic E-state index is 9.91. The van der Waals surface area contributed by atoms with Crippen LogP contribution >= 0.6 is 11.3 Å². The first kappa shape index (κ1) is 26.4. The molecule has 7 rings (SSSR count). The Kier molecular flexibility index (Phi) is 7.65. The van der Waals surface area contributed by atoms with E-state index in [0.29, 0.717) is 5.46 Å². The molecule has 0 fully saturated rings. The van der Waals surface area contributed by atoms with E-state index in [0.717, 1.165) is 37.0 Å². The van der Waals surface area contributed by atoms with Crippen LogP contribution in [0, 0.1) is 0 Å². The Morgan fingerprint density at radius 2 is 1.18 bits per heavy atom. The zero-order chi connectivity index (χ0) is 27.5. The maximum Gasteiger partial charge on any atom is 0.489 e. The average molecular weight is 545 g/mol. The molecule has 0 radical (unpaired) electrons. The molecule has 0 saturated heterocycles. The lowest BCUT2D eigenvalue weighted by molar-refractivity contribution is 0.108. The molecule has 0 saturated carbocycles. The standard InChI is InChI=1S/C30H20BNO2S.2F2/c33-31(34)26-14-7-13-24-23-12-6-11-21(29(23)35-30(24)26)19-16-17-28-25(18-19)22-10-4-5-15-27(22)32(28)20-8-2-1-3-9-20;2*1-2/h1-18,33-34H;;. The summed E-state index contributed by atoms with van der Waals surface area (Å²) in [7, 11) is -1.49. The van der Waals surface area contributed by atoms with E-state index in [1.54, 1.807) is 17.4 Å². The van der Waals surface area contributed by atoms with Crippen molar-refractivity contribution in [3.63, 3.8) is 0 Å². The highest BCUT2D eigenvalue weighted by molar-refractivity contribution is 7.27. The molecule has 194 valence electrons. The van der Waals surface area contributed by atoms with Gasteiger partial charge in [-0.25, -0.2) is 0 Å². The number of hydrogen-bond acceptors (Lipinski definition) is 3. The second-order valence-corrected chi connectivity index (χ2v) is 9.82. The Hall–Kier alpha value is -4.18. The van der Waals surface area contributed by atoms with Crippen LogP contribution in [0.2, 0.25) is 0 Å². The molecule has 0 unspecified atom stereocenters. The van der Waals surface area contributed by atoms with E-state index in [2.05, 4.69) is 95.6 Å². The number of aromatic nitrogens is 1. The lowest BCUT2D eigenvalue weighted by Crippen LogP contribution is -2.29. The minimum Gasteiger partial charge on any atom is -0.423 e. The van der Waals surface area contributed by atoms with E-state index >= 15 is 0 Å². The van der Waals surface area contributed by atoms with E-state index in [1.165, 1.54) is 21.8 Å². The quantitative estimate of drug-likeness (QED) is 0.174. The monoisotopic (exact) mass is 545 g/mol. The zero-order valence-corrected chi connectivity index (χ0v) is 21.0. The molecular formula is C30H20BF4NO2S. The van der Waals surface area contributed by atoms with Gasteiger partial charge in [-0.15, -0.1) is 11.3 Å². The normalized spacial score (nSPS) is 10.8. The van der Waals surface area contributed by atoms with Gasteiger partial charge in [-0.1, -0.05) is 78.9 Å². The molecule has 0 atom stereocenters. The lowest BCUT2D eigenvalue weighted by atomic mass is 9.80. The molecule has 2 aromatic heterocycles. The van der Waals surface area contributed by atoms with Crippen LogP contribution in [-0.4, -0.2) is 21.7 Å². The van der Waals surface area contributed by atoms with Gasteiger partial charge in [-0.05, 0) is 52.3 Å². The summed E-state index contributed by atoms with van der Waals surface area (Å²) < 4.78 is 36.4. The molecule has 0 aliphatic heterocycles. The van der Waals surface area contributed by atoms with Crippen molar-refractivity contribution in [2.24, 2.45) is 0 Å². The SMILES string of the molecule is FF.FF.OB(O)c1cccc2c1sc1c(-c3ccc4c(c3)c3ccccc3n4-c3ccccc3)cccc12. The smallest absolute Gasteiger partial charge is 0.423 e. The Balaban J connectivity index is 0.000000738. The fourth-order valence-corrected chi connectivity index (χ4v) is 6.64. The molecule has 2 heterocycles. The van der Waals surface area contributed by atoms with Gasteiger partial charge >= 0.3 is 7.12 Å². The summed E-state index contributed by atoms with van der Waals surface area (Å²) in [6.07, 6.45) is 0. The van der Waals surface area contributed by atoms with Gasteiger partial charge in [0, 0.05) is 49.5 Å². The third kappa shape index (κ3) is 4.44. The molecule has 2 N–H and O–H groups in total. The molecule has 0 spiro atoms. The van der Waals surface area contributed by atoms with Crippen LogP contribution in [0.3, 0.4) is 0 Å². The van der Waals surface area contributed by atoms with Crippen molar-refractivity contribution >= 4 is 65.9 Å². The van der Waals surface area contributed by atoms with Crippen LogP contribution in [0.25, 0.3) is 58.8 Å². The first-order chi connectivity index (χ1) is 19.2.